The van der Waals surface area contributed by atoms with Gasteiger partial charge < -0.3 is 5.11 Å². The van der Waals surface area contributed by atoms with Crippen molar-refractivity contribution in [3.8, 4) is 11.1 Å². The monoisotopic (exact) mass is 461 g/mol. The minimum Gasteiger partial charge on any atom is -0.478 e. The van der Waals surface area contributed by atoms with Gasteiger partial charge in [0, 0.05) is 27.2 Å². The van der Waals surface area contributed by atoms with Crippen LogP contribution in [0.15, 0.2) is 53.0 Å². The summed E-state index contributed by atoms with van der Waals surface area (Å²) in [6.45, 7) is 2.05. The van der Waals surface area contributed by atoms with Crippen LogP contribution >= 0.6 is 27.5 Å². The van der Waals surface area contributed by atoms with E-state index in [0.29, 0.717) is 11.3 Å². The van der Waals surface area contributed by atoms with Gasteiger partial charge in [-0.25, -0.2) is 9.18 Å². The van der Waals surface area contributed by atoms with Crippen molar-refractivity contribution in [3.05, 3.63) is 86.4 Å². The minimum absolute atomic E-state index is 0.123. The largest absolute Gasteiger partial charge is 0.478 e. The molecular formula is C22H18BrClFNO2. The van der Waals surface area contributed by atoms with Crippen molar-refractivity contribution >= 4 is 33.5 Å². The molecule has 1 aromatic heterocycles. The van der Waals surface area contributed by atoms with Crippen molar-refractivity contribution in [1.29, 1.82) is 0 Å². The zero-order chi connectivity index (χ0) is 20.3. The Morgan fingerprint density at radius 1 is 1.14 bits per heavy atom. The number of hydrogen-bond donors (Lipinski definition) is 1. The maximum absolute atomic E-state index is 13.3. The van der Waals surface area contributed by atoms with E-state index in [0.717, 1.165) is 34.1 Å². The number of rotatable bonds is 6. The van der Waals surface area contributed by atoms with Crippen LogP contribution in [0.4, 0.5) is 4.39 Å². The van der Waals surface area contributed by atoms with Crippen molar-refractivity contribution in [2.24, 2.45) is 0 Å². The number of aromatic nitrogens is 1. The van der Waals surface area contributed by atoms with Gasteiger partial charge in [0.2, 0.25) is 0 Å². The third-order valence-electron chi connectivity index (χ3n) is 4.43. The van der Waals surface area contributed by atoms with Crippen LogP contribution in [0.25, 0.3) is 11.1 Å². The summed E-state index contributed by atoms with van der Waals surface area (Å²) in [7, 11) is 0. The van der Waals surface area contributed by atoms with Crippen LogP contribution in [0.3, 0.4) is 0 Å². The predicted octanol–water partition coefficient (Wildman–Crippen LogP) is 6.55. The Hall–Kier alpha value is -2.24. The van der Waals surface area contributed by atoms with Gasteiger partial charge in [-0.3, -0.25) is 4.98 Å². The summed E-state index contributed by atoms with van der Waals surface area (Å²) in [6, 6.07) is 13.5. The Bertz CT molecular complexity index is 1020. The molecule has 0 saturated heterocycles. The molecule has 0 saturated carbocycles. The lowest BCUT2D eigenvalue weighted by molar-refractivity contribution is 0.0695. The number of nitrogens with zero attached hydrogens (tertiary/aromatic N) is 1. The summed E-state index contributed by atoms with van der Waals surface area (Å²) < 4.78 is 14.3. The average molecular weight is 463 g/mol. The Balaban J connectivity index is 2.13. The second-order valence-electron chi connectivity index (χ2n) is 6.45. The lowest BCUT2D eigenvalue weighted by Crippen LogP contribution is -2.10. The summed E-state index contributed by atoms with van der Waals surface area (Å²) in [5.41, 5.74) is 3.73. The molecule has 0 amide bonds. The zero-order valence-corrected chi connectivity index (χ0v) is 17.5. The molecule has 28 heavy (non-hydrogen) atoms. The molecule has 0 atom stereocenters. The number of benzene rings is 2. The number of aromatic carboxylic acids is 1. The maximum Gasteiger partial charge on any atom is 0.337 e. The third kappa shape index (κ3) is 4.59. The van der Waals surface area contributed by atoms with Crippen molar-refractivity contribution in [2.45, 2.75) is 26.2 Å². The maximum atomic E-state index is 13.3. The molecule has 0 aliphatic carbocycles. The number of carboxylic acids is 1. The third-order valence-corrected chi connectivity index (χ3v) is 5.31. The topological polar surface area (TPSA) is 50.2 Å². The fourth-order valence-corrected chi connectivity index (χ4v) is 3.56. The van der Waals surface area contributed by atoms with Gasteiger partial charge in [-0.1, -0.05) is 59.1 Å². The standard InChI is InChI=1S/C22H18BrClFNO2/c1-2-3-20-17(13-4-7-15(23)8-5-13)12-18(22(27)28)21(26-20)10-14-6-9-16(25)11-19(14)24/h4-9,11-12H,2-3,10H2,1H3,(H,27,28). The van der Waals surface area contributed by atoms with Gasteiger partial charge >= 0.3 is 5.97 Å². The molecule has 0 bridgehead atoms. The van der Waals surface area contributed by atoms with Gasteiger partial charge in [0.15, 0.2) is 0 Å². The molecule has 6 heteroatoms. The van der Waals surface area contributed by atoms with Gasteiger partial charge in [0.25, 0.3) is 0 Å². The fraction of sp³-hybridized carbons (Fsp3) is 0.182. The van der Waals surface area contributed by atoms with Gasteiger partial charge in [-0.2, -0.15) is 0 Å². The van der Waals surface area contributed by atoms with E-state index in [9.17, 15) is 14.3 Å². The molecule has 1 N–H and O–H groups in total. The minimum atomic E-state index is -1.05. The number of carbonyl (C=O) groups is 1. The fourth-order valence-electron chi connectivity index (χ4n) is 3.07. The summed E-state index contributed by atoms with van der Waals surface area (Å²) in [6.07, 6.45) is 1.81. The van der Waals surface area contributed by atoms with E-state index in [4.69, 9.17) is 16.6 Å². The van der Waals surface area contributed by atoms with Gasteiger partial charge in [-0.05, 0) is 47.9 Å². The highest BCUT2D eigenvalue weighted by Crippen LogP contribution is 2.29. The molecule has 3 aromatic rings. The number of carboxylic acid groups (broad SMARTS) is 1. The van der Waals surface area contributed by atoms with Crippen molar-refractivity contribution in [2.75, 3.05) is 0 Å². The molecule has 0 fully saturated rings. The first-order valence-corrected chi connectivity index (χ1v) is 10.0. The smallest absolute Gasteiger partial charge is 0.337 e. The number of halogens is 3. The average Bonchev–Trinajstić information content (AvgIpc) is 2.65. The normalized spacial score (nSPS) is 10.9. The first kappa shape index (κ1) is 20.5. The second-order valence-corrected chi connectivity index (χ2v) is 7.77. The molecule has 0 aliphatic rings. The highest BCUT2D eigenvalue weighted by atomic mass is 79.9. The van der Waals surface area contributed by atoms with E-state index < -0.39 is 11.8 Å². The van der Waals surface area contributed by atoms with Crippen LogP contribution in [-0.2, 0) is 12.8 Å². The van der Waals surface area contributed by atoms with Crippen molar-refractivity contribution in [1.82, 2.24) is 4.98 Å². The molecule has 1 heterocycles. The summed E-state index contributed by atoms with van der Waals surface area (Å²) in [5.74, 6) is -1.49. The van der Waals surface area contributed by atoms with E-state index in [-0.39, 0.29) is 17.0 Å². The van der Waals surface area contributed by atoms with Crippen LogP contribution in [0.5, 0.6) is 0 Å². The van der Waals surface area contributed by atoms with Crippen molar-refractivity contribution in [3.63, 3.8) is 0 Å². The van der Waals surface area contributed by atoms with Crippen LogP contribution in [0.2, 0.25) is 5.02 Å². The van der Waals surface area contributed by atoms with Gasteiger partial charge in [-0.15, -0.1) is 0 Å². The van der Waals surface area contributed by atoms with E-state index in [1.54, 1.807) is 12.1 Å². The second kappa shape index (κ2) is 8.84. The SMILES string of the molecule is CCCc1nc(Cc2ccc(F)cc2Cl)c(C(=O)O)cc1-c1ccc(Br)cc1. The number of aryl methyl sites for hydroxylation is 1. The summed E-state index contributed by atoms with van der Waals surface area (Å²) in [4.78, 5) is 16.6. The predicted molar refractivity (Wildman–Crippen MR) is 113 cm³/mol. The number of pyridine rings is 1. The van der Waals surface area contributed by atoms with Gasteiger partial charge in [0.05, 0.1) is 11.3 Å². The molecule has 2 aromatic carbocycles. The van der Waals surface area contributed by atoms with Crippen LogP contribution in [-0.4, -0.2) is 16.1 Å². The summed E-state index contributed by atoms with van der Waals surface area (Å²) >= 11 is 9.55. The lowest BCUT2D eigenvalue weighted by Gasteiger charge is -2.15. The molecule has 144 valence electrons. The first-order chi connectivity index (χ1) is 13.4. The molecule has 3 nitrogen and oxygen atoms in total. The van der Waals surface area contributed by atoms with Gasteiger partial charge in [0.1, 0.15) is 5.82 Å². The Kier molecular flexibility index (Phi) is 6.47. The van der Waals surface area contributed by atoms with E-state index in [2.05, 4.69) is 22.9 Å². The van der Waals surface area contributed by atoms with E-state index in [1.807, 2.05) is 24.3 Å². The Morgan fingerprint density at radius 3 is 2.46 bits per heavy atom. The van der Waals surface area contributed by atoms with Crippen molar-refractivity contribution < 1.29 is 14.3 Å². The molecule has 3 rings (SSSR count). The quantitative estimate of drug-likeness (QED) is 0.452. The molecule has 0 unspecified atom stereocenters. The summed E-state index contributed by atoms with van der Waals surface area (Å²) in [5, 5.41) is 10.0. The van der Waals surface area contributed by atoms with Crippen LogP contribution in [0.1, 0.15) is 40.7 Å². The van der Waals surface area contributed by atoms with E-state index in [1.165, 1.54) is 12.1 Å². The highest BCUT2D eigenvalue weighted by molar-refractivity contribution is 9.10. The van der Waals surface area contributed by atoms with Crippen LogP contribution in [0, 0.1) is 5.82 Å². The highest BCUT2D eigenvalue weighted by Gasteiger charge is 2.19. The van der Waals surface area contributed by atoms with Crippen LogP contribution < -0.4 is 0 Å². The Morgan fingerprint density at radius 2 is 1.86 bits per heavy atom. The Labute approximate surface area is 176 Å². The molecule has 0 spiro atoms. The number of hydrogen-bond acceptors (Lipinski definition) is 2. The molecule has 0 aliphatic heterocycles. The first-order valence-electron chi connectivity index (χ1n) is 8.85. The molecule has 0 radical (unpaired) electrons. The molecular weight excluding hydrogens is 445 g/mol. The lowest BCUT2D eigenvalue weighted by atomic mass is 9.96. The zero-order valence-electron chi connectivity index (χ0n) is 15.2. The van der Waals surface area contributed by atoms with E-state index >= 15 is 0 Å².